The highest BCUT2D eigenvalue weighted by Crippen LogP contribution is 2.67. The molecule has 0 heterocycles. The summed E-state index contributed by atoms with van der Waals surface area (Å²) in [6.07, 6.45) is 21.4. The van der Waals surface area contributed by atoms with Crippen molar-refractivity contribution in [3.63, 3.8) is 0 Å². The van der Waals surface area contributed by atoms with Gasteiger partial charge in [0.25, 0.3) is 0 Å². The van der Waals surface area contributed by atoms with E-state index < -0.39 is 0 Å². The summed E-state index contributed by atoms with van der Waals surface area (Å²) < 4.78 is 6.48. The Hall–Kier alpha value is -1.48. The van der Waals surface area contributed by atoms with Gasteiger partial charge in [-0.15, -0.1) is 0 Å². The third-order valence-corrected chi connectivity index (χ3v) is 12.7. The van der Waals surface area contributed by atoms with Gasteiger partial charge >= 0.3 is 0 Å². The van der Waals surface area contributed by atoms with Crippen molar-refractivity contribution in [3.05, 3.63) is 35.4 Å². The number of fused-ring (bicyclic) bond motifs is 5. The molecule has 4 aliphatic carbocycles. The minimum Gasteiger partial charge on any atom is -0.398 e. The molecule has 0 aliphatic heterocycles. The lowest BCUT2D eigenvalue weighted by Crippen LogP contribution is -2.51. The maximum atomic E-state index is 6.48. The molecule has 224 valence electrons. The topological polar surface area (TPSA) is 61.3 Å². The van der Waals surface area contributed by atoms with Crippen molar-refractivity contribution in [2.75, 3.05) is 18.1 Å². The standard InChI is InChI=1S/C37H60N2O/c1-25(2)10-8-11-26(3)31-17-18-32-29-16-15-27-24-28(19-21-36(27,4)33(29)20-22-37(31,32)5)40-23-7-6-12-30-34(38)13-9-14-35(30)39/h9,13-15,25-26,28-29,31-33H,6-8,10-12,16-24,38-39H2,1-5H3/t26-,28?,29?,31-,32?,33?,36+,37-/m1/s1. The van der Waals surface area contributed by atoms with E-state index in [4.69, 9.17) is 16.2 Å². The Bertz CT molecular complexity index is 1010. The Morgan fingerprint density at radius 2 is 1.68 bits per heavy atom. The zero-order chi connectivity index (χ0) is 28.5. The van der Waals surface area contributed by atoms with Crippen molar-refractivity contribution in [2.45, 2.75) is 131 Å². The summed E-state index contributed by atoms with van der Waals surface area (Å²) in [7, 11) is 0. The van der Waals surface area contributed by atoms with Gasteiger partial charge in [0.05, 0.1) is 6.10 Å². The Balaban J connectivity index is 1.14. The number of anilines is 2. The van der Waals surface area contributed by atoms with Gasteiger partial charge in [0.2, 0.25) is 0 Å². The van der Waals surface area contributed by atoms with Gasteiger partial charge in [-0.3, -0.25) is 0 Å². The fourth-order valence-corrected chi connectivity index (χ4v) is 10.4. The zero-order valence-corrected chi connectivity index (χ0v) is 26.5. The summed E-state index contributed by atoms with van der Waals surface area (Å²) >= 11 is 0. The van der Waals surface area contributed by atoms with Crippen LogP contribution in [0.3, 0.4) is 0 Å². The zero-order valence-electron chi connectivity index (χ0n) is 26.5. The molecule has 40 heavy (non-hydrogen) atoms. The van der Waals surface area contributed by atoms with E-state index in [1.165, 1.54) is 64.2 Å². The van der Waals surface area contributed by atoms with Crippen LogP contribution in [-0.2, 0) is 11.2 Å². The average Bonchev–Trinajstić information content (AvgIpc) is 3.27. The van der Waals surface area contributed by atoms with E-state index in [1.54, 1.807) is 5.57 Å². The third kappa shape index (κ3) is 5.88. The minimum atomic E-state index is 0.402. The number of unbranched alkanes of at least 4 members (excludes halogenated alkanes) is 1. The Morgan fingerprint density at radius 1 is 0.900 bits per heavy atom. The van der Waals surface area contributed by atoms with E-state index >= 15 is 0 Å². The fraction of sp³-hybridized carbons (Fsp3) is 0.784. The van der Waals surface area contributed by atoms with Crippen LogP contribution in [0.15, 0.2) is 29.8 Å². The number of nitrogens with two attached hydrogens (primary N) is 2. The van der Waals surface area contributed by atoms with Crippen molar-refractivity contribution in [2.24, 2.45) is 46.3 Å². The van der Waals surface area contributed by atoms with Gasteiger partial charge in [0.1, 0.15) is 0 Å². The third-order valence-electron chi connectivity index (χ3n) is 12.7. The molecular formula is C37H60N2O. The molecule has 0 spiro atoms. The van der Waals surface area contributed by atoms with Crippen LogP contribution < -0.4 is 11.5 Å². The van der Waals surface area contributed by atoms with Gasteiger partial charge in [0.15, 0.2) is 0 Å². The molecule has 0 aromatic heterocycles. The number of hydrogen-bond donors (Lipinski definition) is 2. The average molecular weight is 549 g/mol. The van der Waals surface area contributed by atoms with Crippen molar-refractivity contribution < 1.29 is 4.74 Å². The monoisotopic (exact) mass is 548 g/mol. The molecule has 3 fully saturated rings. The molecule has 3 nitrogen and oxygen atoms in total. The van der Waals surface area contributed by atoms with Crippen LogP contribution in [0.25, 0.3) is 0 Å². The van der Waals surface area contributed by atoms with Crippen LogP contribution in [-0.4, -0.2) is 12.7 Å². The van der Waals surface area contributed by atoms with Crippen LogP contribution in [0.1, 0.15) is 124 Å². The number of nitrogen functional groups attached to an aromatic ring is 2. The van der Waals surface area contributed by atoms with E-state index in [2.05, 4.69) is 40.7 Å². The highest BCUT2D eigenvalue weighted by atomic mass is 16.5. The van der Waals surface area contributed by atoms with Crippen LogP contribution >= 0.6 is 0 Å². The number of hydrogen-bond acceptors (Lipinski definition) is 3. The fourth-order valence-electron chi connectivity index (χ4n) is 10.4. The van der Waals surface area contributed by atoms with E-state index in [9.17, 15) is 0 Å². The van der Waals surface area contributed by atoms with Crippen molar-refractivity contribution in [1.82, 2.24) is 0 Å². The van der Waals surface area contributed by atoms with Gasteiger partial charge < -0.3 is 16.2 Å². The molecule has 0 bridgehead atoms. The van der Waals surface area contributed by atoms with E-state index in [-0.39, 0.29) is 0 Å². The van der Waals surface area contributed by atoms with E-state index in [0.29, 0.717) is 16.9 Å². The van der Waals surface area contributed by atoms with Crippen molar-refractivity contribution in [3.8, 4) is 0 Å². The second-order valence-electron chi connectivity index (χ2n) is 15.4. The molecule has 8 atom stereocenters. The largest absolute Gasteiger partial charge is 0.398 e. The normalized spacial score (nSPS) is 36.0. The molecule has 3 saturated carbocycles. The highest BCUT2D eigenvalue weighted by molar-refractivity contribution is 5.61. The van der Waals surface area contributed by atoms with Gasteiger partial charge in [-0.2, -0.15) is 0 Å². The summed E-state index contributed by atoms with van der Waals surface area (Å²) in [4.78, 5) is 0. The molecule has 0 saturated heterocycles. The number of allylic oxidation sites excluding steroid dienone is 1. The Morgan fingerprint density at radius 3 is 2.42 bits per heavy atom. The molecule has 4 N–H and O–H groups in total. The second-order valence-corrected chi connectivity index (χ2v) is 15.4. The second kappa shape index (κ2) is 12.4. The molecule has 1 aromatic carbocycles. The lowest BCUT2D eigenvalue weighted by molar-refractivity contribution is -0.0641. The molecule has 1 aromatic rings. The minimum absolute atomic E-state index is 0.402. The smallest absolute Gasteiger partial charge is 0.0612 e. The molecule has 4 unspecified atom stereocenters. The maximum absolute atomic E-state index is 6.48. The first-order chi connectivity index (χ1) is 19.1. The number of ether oxygens (including phenoxy) is 1. The lowest BCUT2D eigenvalue weighted by Gasteiger charge is -2.58. The molecule has 0 radical (unpaired) electrons. The summed E-state index contributed by atoms with van der Waals surface area (Å²) in [6, 6.07) is 5.84. The van der Waals surface area contributed by atoms with Gasteiger partial charge in [0, 0.05) is 18.0 Å². The van der Waals surface area contributed by atoms with Crippen molar-refractivity contribution >= 4 is 11.4 Å². The van der Waals surface area contributed by atoms with E-state index in [0.717, 1.165) is 84.7 Å². The summed E-state index contributed by atoms with van der Waals surface area (Å²) in [5, 5.41) is 0. The first-order valence-electron chi connectivity index (χ1n) is 17.1. The highest BCUT2D eigenvalue weighted by Gasteiger charge is 2.59. The van der Waals surface area contributed by atoms with Gasteiger partial charge in [-0.1, -0.05) is 71.6 Å². The summed E-state index contributed by atoms with van der Waals surface area (Å²) in [5.74, 6) is 5.44. The number of benzene rings is 1. The van der Waals surface area contributed by atoms with Crippen LogP contribution in [0.2, 0.25) is 0 Å². The Kier molecular flexibility index (Phi) is 9.30. The van der Waals surface area contributed by atoms with Gasteiger partial charge in [-0.25, -0.2) is 0 Å². The molecule has 4 aliphatic rings. The van der Waals surface area contributed by atoms with E-state index in [1.807, 2.05) is 18.2 Å². The Labute approximate surface area is 246 Å². The molecular weight excluding hydrogens is 488 g/mol. The predicted octanol–water partition coefficient (Wildman–Crippen LogP) is 9.60. The SMILES string of the molecule is CC(C)CCC[C@@H](C)[C@H]1CCC2C3CC=C4CC(OCCCCc5c(N)cccc5N)CC[C@]4(C)C3CC[C@@]21C. The van der Waals surface area contributed by atoms with Crippen molar-refractivity contribution in [1.29, 1.82) is 0 Å². The quantitative estimate of drug-likeness (QED) is 0.164. The number of rotatable bonds is 11. The lowest BCUT2D eigenvalue weighted by atomic mass is 9.47. The van der Waals surface area contributed by atoms with Crippen LogP contribution in [0.5, 0.6) is 0 Å². The first kappa shape index (κ1) is 30.0. The summed E-state index contributed by atoms with van der Waals surface area (Å²) in [5.41, 5.74) is 17.8. The molecule has 5 rings (SSSR count). The predicted molar refractivity (Wildman–Crippen MR) is 171 cm³/mol. The van der Waals surface area contributed by atoms with Crippen LogP contribution in [0, 0.1) is 46.3 Å². The first-order valence-corrected chi connectivity index (χ1v) is 17.1. The maximum Gasteiger partial charge on any atom is 0.0612 e. The summed E-state index contributed by atoms with van der Waals surface area (Å²) in [6.45, 7) is 13.6. The van der Waals surface area contributed by atoms with Gasteiger partial charge in [-0.05, 0) is 135 Å². The molecule has 3 heteroatoms. The van der Waals surface area contributed by atoms with Crippen LogP contribution in [0.4, 0.5) is 11.4 Å². The molecule has 0 amide bonds.